The Kier molecular flexibility index (Phi) is 3.35. The average molecular weight is 307 g/mol. The van der Waals surface area contributed by atoms with Crippen LogP contribution in [0.15, 0.2) is 40.1 Å². The molecule has 0 spiro atoms. The number of fused-ring (bicyclic) bond motifs is 1. The van der Waals surface area contributed by atoms with E-state index in [1.807, 2.05) is 0 Å². The van der Waals surface area contributed by atoms with Crippen molar-refractivity contribution in [1.82, 2.24) is 19.8 Å². The third-order valence-corrected chi connectivity index (χ3v) is 4.50. The first-order chi connectivity index (χ1) is 10.1. The van der Waals surface area contributed by atoms with Crippen LogP contribution < -0.4 is 10.5 Å². The number of nitrogens with zero attached hydrogens (tertiary/aromatic N) is 2. The van der Waals surface area contributed by atoms with Crippen molar-refractivity contribution in [2.24, 2.45) is 0 Å². The second-order valence-electron chi connectivity index (χ2n) is 4.44. The number of anilines is 1. The standard InChI is InChI=1S/C12H13N5O3S/c13-8-1-2-9-10(5-8)14-6-11(9)21(18,19)17-4-3-12-15-7-16-20-12/h1-2,5-7,14,17H,3-4,13H2. The summed E-state index contributed by atoms with van der Waals surface area (Å²) < 4.78 is 31.9. The smallest absolute Gasteiger partial charge is 0.242 e. The summed E-state index contributed by atoms with van der Waals surface area (Å²) >= 11 is 0. The number of aromatic nitrogens is 3. The van der Waals surface area contributed by atoms with Crippen LogP contribution in [-0.2, 0) is 16.4 Å². The van der Waals surface area contributed by atoms with Crippen molar-refractivity contribution < 1.29 is 12.9 Å². The van der Waals surface area contributed by atoms with Gasteiger partial charge in [-0.05, 0) is 18.2 Å². The molecule has 3 aromatic rings. The lowest BCUT2D eigenvalue weighted by Crippen LogP contribution is -2.25. The number of rotatable bonds is 5. The minimum Gasteiger partial charge on any atom is -0.399 e. The van der Waals surface area contributed by atoms with Gasteiger partial charge in [0, 0.05) is 35.8 Å². The van der Waals surface area contributed by atoms with Gasteiger partial charge in [-0.1, -0.05) is 5.16 Å². The molecular weight excluding hydrogens is 294 g/mol. The lowest BCUT2D eigenvalue weighted by Gasteiger charge is -2.04. The second kappa shape index (κ2) is 5.19. The summed E-state index contributed by atoms with van der Waals surface area (Å²) in [6, 6.07) is 5.02. The van der Waals surface area contributed by atoms with E-state index in [-0.39, 0.29) is 11.4 Å². The van der Waals surface area contributed by atoms with E-state index < -0.39 is 10.0 Å². The number of sulfonamides is 1. The molecule has 0 aliphatic heterocycles. The molecule has 0 saturated carbocycles. The predicted octanol–water partition coefficient (Wildman–Crippen LogP) is 0.654. The van der Waals surface area contributed by atoms with Crippen LogP contribution in [0.3, 0.4) is 0 Å². The summed E-state index contributed by atoms with van der Waals surface area (Å²) in [7, 11) is -3.62. The highest BCUT2D eigenvalue weighted by Crippen LogP contribution is 2.24. The van der Waals surface area contributed by atoms with Crippen molar-refractivity contribution in [1.29, 1.82) is 0 Å². The molecule has 3 rings (SSSR count). The number of hydrogen-bond donors (Lipinski definition) is 3. The minimum absolute atomic E-state index is 0.173. The summed E-state index contributed by atoms with van der Waals surface area (Å²) in [6.07, 6.45) is 3.04. The summed E-state index contributed by atoms with van der Waals surface area (Å²) in [5, 5.41) is 4.05. The van der Waals surface area contributed by atoms with Gasteiger partial charge in [0.25, 0.3) is 0 Å². The van der Waals surface area contributed by atoms with Crippen LogP contribution in [0.5, 0.6) is 0 Å². The van der Waals surface area contributed by atoms with Crippen molar-refractivity contribution in [2.45, 2.75) is 11.3 Å². The molecule has 0 aliphatic rings. The van der Waals surface area contributed by atoms with Gasteiger partial charge in [-0.2, -0.15) is 4.98 Å². The highest BCUT2D eigenvalue weighted by Gasteiger charge is 2.18. The van der Waals surface area contributed by atoms with Crippen LogP contribution >= 0.6 is 0 Å². The van der Waals surface area contributed by atoms with Crippen LogP contribution in [0.2, 0.25) is 0 Å². The average Bonchev–Trinajstić information content (AvgIpc) is 3.06. The molecule has 0 fully saturated rings. The van der Waals surface area contributed by atoms with Gasteiger partial charge >= 0.3 is 0 Å². The first-order valence-electron chi connectivity index (χ1n) is 6.18. The maximum atomic E-state index is 12.3. The first-order valence-corrected chi connectivity index (χ1v) is 7.66. The van der Waals surface area contributed by atoms with Crippen LogP contribution in [0, 0.1) is 0 Å². The SMILES string of the molecule is Nc1ccc2c(S(=O)(=O)NCCc3ncno3)c[nH]c2c1. The van der Waals surface area contributed by atoms with Gasteiger partial charge in [0.2, 0.25) is 15.9 Å². The number of nitrogens with one attached hydrogen (secondary N) is 2. The third-order valence-electron chi connectivity index (χ3n) is 3.00. The zero-order valence-electron chi connectivity index (χ0n) is 10.9. The molecule has 8 nitrogen and oxygen atoms in total. The van der Waals surface area contributed by atoms with Gasteiger partial charge in [0.1, 0.15) is 4.90 Å². The number of H-pyrrole nitrogens is 1. The Hall–Kier alpha value is -2.39. The number of nitrogens with two attached hydrogens (primary N) is 1. The molecule has 0 unspecified atom stereocenters. The molecule has 21 heavy (non-hydrogen) atoms. The lowest BCUT2D eigenvalue weighted by atomic mass is 10.2. The number of nitrogen functional groups attached to an aromatic ring is 1. The van der Waals surface area contributed by atoms with E-state index in [1.165, 1.54) is 12.5 Å². The van der Waals surface area contributed by atoms with E-state index in [0.29, 0.717) is 28.9 Å². The van der Waals surface area contributed by atoms with Crippen molar-refractivity contribution in [2.75, 3.05) is 12.3 Å². The third kappa shape index (κ3) is 2.73. The zero-order valence-corrected chi connectivity index (χ0v) is 11.7. The molecule has 0 aliphatic carbocycles. The Balaban J connectivity index is 1.80. The molecule has 2 aromatic heterocycles. The van der Waals surface area contributed by atoms with Crippen LogP contribution in [0.25, 0.3) is 10.9 Å². The van der Waals surface area contributed by atoms with E-state index in [2.05, 4.69) is 19.8 Å². The Labute approximate surface area is 120 Å². The Morgan fingerprint density at radius 2 is 2.24 bits per heavy atom. The molecule has 110 valence electrons. The molecule has 0 saturated heterocycles. The summed E-state index contributed by atoms with van der Waals surface area (Å²) in [6.45, 7) is 0.173. The maximum Gasteiger partial charge on any atom is 0.242 e. The summed E-state index contributed by atoms with van der Waals surface area (Å²) in [5.41, 5.74) is 6.91. The fraction of sp³-hybridized carbons (Fsp3) is 0.167. The van der Waals surface area contributed by atoms with Gasteiger partial charge in [-0.15, -0.1) is 0 Å². The van der Waals surface area contributed by atoms with E-state index in [9.17, 15) is 8.42 Å². The van der Waals surface area contributed by atoms with Gasteiger partial charge in [-0.25, -0.2) is 13.1 Å². The van der Waals surface area contributed by atoms with Crippen molar-refractivity contribution >= 4 is 26.6 Å². The quantitative estimate of drug-likeness (QED) is 0.594. The van der Waals surface area contributed by atoms with Crippen molar-refractivity contribution in [3.05, 3.63) is 36.6 Å². The monoisotopic (exact) mass is 307 g/mol. The Morgan fingerprint density at radius 1 is 1.38 bits per heavy atom. The number of hydrogen-bond acceptors (Lipinski definition) is 6. The van der Waals surface area contributed by atoms with Crippen LogP contribution in [-0.4, -0.2) is 30.1 Å². The topological polar surface area (TPSA) is 127 Å². The Morgan fingerprint density at radius 3 is 3.00 bits per heavy atom. The largest absolute Gasteiger partial charge is 0.399 e. The minimum atomic E-state index is -3.62. The molecule has 9 heteroatoms. The molecule has 0 atom stereocenters. The van der Waals surface area contributed by atoms with Crippen LogP contribution in [0.1, 0.15) is 5.89 Å². The molecule has 0 radical (unpaired) electrons. The van der Waals surface area contributed by atoms with Crippen LogP contribution in [0.4, 0.5) is 5.69 Å². The molecule has 0 amide bonds. The molecule has 0 bridgehead atoms. The number of benzene rings is 1. The fourth-order valence-electron chi connectivity index (χ4n) is 2.02. The normalized spacial score (nSPS) is 12.0. The Bertz CT molecular complexity index is 854. The van der Waals surface area contributed by atoms with Gasteiger partial charge < -0.3 is 15.2 Å². The van der Waals surface area contributed by atoms with Gasteiger partial charge in [0.15, 0.2) is 6.33 Å². The van der Waals surface area contributed by atoms with E-state index in [4.69, 9.17) is 10.3 Å². The van der Waals surface area contributed by atoms with E-state index in [1.54, 1.807) is 18.2 Å². The summed E-state index contributed by atoms with van der Waals surface area (Å²) in [4.78, 5) is 6.91. The molecule has 1 aromatic carbocycles. The van der Waals surface area contributed by atoms with E-state index in [0.717, 1.165) is 0 Å². The maximum absolute atomic E-state index is 12.3. The lowest BCUT2D eigenvalue weighted by molar-refractivity contribution is 0.377. The molecule has 4 N–H and O–H groups in total. The van der Waals surface area contributed by atoms with Crippen molar-refractivity contribution in [3.8, 4) is 0 Å². The zero-order chi connectivity index (χ0) is 14.9. The predicted molar refractivity (Wildman–Crippen MR) is 75.9 cm³/mol. The second-order valence-corrected chi connectivity index (χ2v) is 6.18. The van der Waals surface area contributed by atoms with Gasteiger partial charge in [0.05, 0.1) is 0 Å². The highest BCUT2D eigenvalue weighted by atomic mass is 32.2. The molecular formula is C12H13N5O3S. The highest BCUT2D eigenvalue weighted by molar-refractivity contribution is 7.89. The van der Waals surface area contributed by atoms with Crippen molar-refractivity contribution in [3.63, 3.8) is 0 Å². The first kappa shape index (κ1) is 13.6. The number of aromatic amines is 1. The summed E-state index contributed by atoms with van der Waals surface area (Å²) in [5.74, 6) is 0.379. The molecule has 2 heterocycles. The van der Waals surface area contributed by atoms with E-state index >= 15 is 0 Å². The fourth-order valence-corrected chi connectivity index (χ4v) is 3.22. The van der Waals surface area contributed by atoms with Gasteiger partial charge in [-0.3, -0.25) is 0 Å².